The number of thiazole rings is 1. The molecule has 4 aromatic rings. The molecule has 2 aromatic heterocycles. The molecular formula is C25H22FN3O4S. The van der Waals surface area contributed by atoms with Crippen LogP contribution in [0.25, 0.3) is 16.3 Å². The van der Waals surface area contributed by atoms with Gasteiger partial charge in [-0.3, -0.25) is 14.7 Å². The number of hydrogen-bond acceptors (Lipinski definition) is 7. The molecule has 0 aliphatic carbocycles. The minimum absolute atomic E-state index is 0.210. The van der Waals surface area contributed by atoms with Gasteiger partial charge in [0.05, 0.1) is 43.8 Å². The first-order valence-corrected chi connectivity index (χ1v) is 11.1. The molecule has 2 heterocycles. The Morgan fingerprint density at radius 3 is 2.47 bits per heavy atom. The highest BCUT2D eigenvalue weighted by molar-refractivity contribution is 7.22. The highest BCUT2D eigenvalue weighted by Crippen LogP contribution is 2.38. The number of carbonyl (C=O) groups is 1. The summed E-state index contributed by atoms with van der Waals surface area (Å²) in [6.45, 7) is 0.210. The number of nitrogens with zero attached hydrogens (tertiary/aromatic N) is 3. The highest BCUT2D eigenvalue weighted by Gasteiger charge is 2.20. The number of ether oxygens (including phenoxy) is 3. The van der Waals surface area contributed by atoms with Crippen LogP contribution in [0.2, 0.25) is 0 Å². The number of benzene rings is 2. The molecule has 0 saturated carbocycles. The van der Waals surface area contributed by atoms with E-state index in [0.29, 0.717) is 43.9 Å². The van der Waals surface area contributed by atoms with Crippen molar-refractivity contribution < 1.29 is 23.4 Å². The summed E-state index contributed by atoms with van der Waals surface area (Å²) in [7, 11) is 4.58. The Hall–Kier alpha value is -3.98. The van der Waals surface area contributed by atoms with E-state index in [0.717, 1.165) is 0 Å². The second-order valence-corrected chi connectivity index (χ2v) is 8.16. The maximum atomic E-state index is 13.7. The first kappa shape index (κ1) is 23.2. The summed E-state index contributed by atoms with van der Waals surface area (Å²) < 4.78 is 30.5. The van der Waals surface area contributed by atoms with Gasteiger partial charge in [0, 0.05) is 12.3 Å². The summed E-state index contributed by atoms with van der Waals surface area (Å²) in [6, 6.07) is 13.3. The number of hydrogen-bond donors (Lipinski definition) is 0. The molecule has 174 valence electrons. The number of rotatable bonds is 8. The molecule has 0 aliphatic heterocycles. The van der Waals surface area contributed by atoms with Crippen LogP contribution in [-0.4, -0.2) is 37.2 Å². The van der Waals surface area contributed by atoms with E-state index >= 15 is 0 Å². The van der Waals surface area contributed by atoms with Crippen molar-refractivity contribution in [2.24, 2.45) is 0 Å². The highest BCUT2D eigenvalue weighted by atomic mass is 32.1. The lowest BCUT2D eigenvalue weighted by molar-refractivity contribution is -0.114. The summed E-state index contributed by atoms with van der Waals surface area (Å²) in [5.41, 5.74) is 2.00. The molecule has 0 atom stereocenters. The van der Waals surface area contributed by atoms with Crippen molar-refractivity contribution in [1.29, 1.82) is 0 Å². The molecule has 4 rings (SSSR count). The quantitative estimate of drug-likeness (QED) is 0.327. The second kappa shape index (κ2) is 10.3. The number of fused-ring (bicyclic) bond motifs is 1. The van der Waals surface area contributed by atoms with E-state index in [4.69, 9.17) is 14.2 Å². The zero-order valence-electron chi connectivity index (χ0n) is 18.8. The predicted octanol–water partition coefficient (Wildman–Crippen LogP) is 5.10. The van der Waals surface area contributed by atoms with Gasteiger partial charge in [-0.15, -0.1) is 0 Å². The van der Waals surface area contributed by atoms with Crippen LogP contribution < -0.4 is 19.1 Å². The fourth-order valence-electron chi connectivity index (χ4n) is 3.35. The van der Waals surface area contributed by atoms with Crippen molar-refractivity contribution in [3.63, 3.8) is 0 Å². The average Bonchev–Trinajstić information content (AvgIpc) is 3.28. The molecule has 0 fully saturated rings. The van der Waals surface area contributed by atoms with Crippen molar-refractivity contribution in [3.8, 4) is 17.2 Å². The van der Waals surface area contributed by atoms with Gasteiger partial charge >= 0.3 is 0 Å². The molecule has 1 amide bonds. The SMILES string of the molecule is COc1cc(/C=C/C(=O)N(Cc2ccccn2)c2nc3ccc(F)cc3s2)cc(OC)c1OC. The monoisotopic (exact) mass is 479 g/mol. The third-order valence-corrected chi connectivity index (χ3v) is 6.03. The van der Waals surface area contributed by atoms with E-state index in [1.165, 1.54) is 55.8 Å². The standard InChI is InChI=1S/C25H22FN3O4S/c1-31-20-12-16(13-21(32-2)24(20)33-3)7-10-23(30)29(15-18-6-4-5-11-27-18)25-28-19-9-8-17(26)14-22(19)34-25/h4-14H,15H2,1-3H3/b10-7+. The molecule has 34 heavy (non-hydrogen) atoms. The van der Waals surface area contributed by atoms with Gasteiger partial charge in [0.2, 0.25) is 5.75 Å². The summed E-state index contributed by atoms with van der Waals surface area (Å²) in [6.07, 6.45) is 4.76. The molecule has 0 saturated heterocycles. The van der Waals surface area contributed by atoms with Gasteiger partial charge in [0.1, 0.15) is 5.82 Å². The average molecular weight is 480 g/mol. The molecule has 2 aromatic carbocycles. The zero-order chi connectivity index (χ0) is 24.1. The maximum Gasteiger partial charge on any atom is 0.253 e. The minimum Gasteiger partial charge on any atom is -0.493 e. The lowest BCUT2D eigenvalue weighted by Crippen LogP contribution is -2.29. The Bertz CT molecular complexity index is 1320. The molecule has 7 nitrogen and oxygen atoms in total. The Morgan fingerprint density at radius 2 is 1.82 bits per heavy atom. The van der Waals surface area contributed by atoms with Crippen LogP contribution in [0.3, 0.4) is 0 Å². The van der Waals surface area contributed by atoms with Gasteiger partial charge in [-0.05, 0) is 54.1 Å². The summed E-state index contributed by atoms with van der Waals surface area (Å²) in [4.78, 5) is 23.7. The summed E-state index contributed by atoms with van der Waals surface area (Å²) >= 11 is 1.24. The van der Waals surface area contributed by atoms with E-state index in [-0.39, 0.29) is 18.3 Å². The van der Waals surface area contributed by atoms with E-state index in [1.54, 1.807) is 36.5 Å². The van der Waals surface area contributed by atoms with Gasteiger partial charge in [-0.1, -0.05) is 17.4 Å². The lowest BCUT2D eigenvalue weighted by Gasteiger charge is -2.18. The molecular weight excluding hydrogens is 457 g/mol. The van der Waals surface area contributed by atoms with Gasteiger partial charge in [0.25, 0.3) is 5.91 Å². The van der Waals surface area contributed by atoms with Crippen LogP contribution in [0.5, 0.6) is 17.2 Å². The second-order valence-electron chi connectivity index (χ2n) is 7.15. The largest absolute Gasteiger partial charge is 0.493 e. The van der Waals surface area contributed by atoms with Crippen molar-refractivity contribution in [3.05, 3.63) is 77.9 Å². The molecule has 0 spiro atoms. The van der Waals surface area contributed by atoms with Crippen LogP contribution in [0.1, 0.15) is 11.3 Å². The number of anilines is 1. The van der Waals surface area contributed by atoms with Gasteiger partial charge < -0.3 is 14.2 Å². The number of carbonyl (C=O) groups excluding carboxylic acids is 1. The third kappa shape index (κ3) is 4.99. The zero-order valence-corrected chi connectivity index (χ0v) is 19.6. The van der Waals surface area contributed by atoms with Gasteiger partial charge in [-0.2, -0.15) is 0 Å². The van der Waals surface area contributed by atoms with Crippen molar-refractivity contribution >= 4 is 38.7 Å². The predicted molar refractivity (Wildman–Crippen MR) is 130 cm³/mol. The van der Waals surface area contributed by atoms with Crippen molar-refractivity contribution in [1.82, 2.24) is 9.97 Å². The smallest absolute Gasteiger partial charge is 0.253 e. The number of aromatic nitrogens is 2. The van der Waals surface area contributed by atoms with Crippen LogP contribution in [0, 0.1) is 5.82 Å². The first-order chi connectivity index (χ1) is 16.5. The lowest BCUT2D eigenvalue weighted by atomic mass is 10.1. The van der Waals surface area contributed by atoms with Gasteiger partial charge in [0.15, 0.2) is 16.6 Å². The van der Waals surface area contributed by atoms with Crippen molar-refractivity contribution in [2.45, 2.75) is 6.54 Å². The Kier molecular flexibility index (Phi) is 7.03. The molecule has 0 N–H and O–H groups in total. The van der Waals surface area contributed by atoms with Crippen LogP contribution in [-0.2, 0) is 11.3 Å². The van der Waals surface area contributed by atoms with E-state index in [1.807, 2.05) is 12.1 Å². The Morgan fingerprint density at radius 1 is 1.06 bits per heavy atom. The van der Waals surface area contributed by atoms with Crippen molar-refractivity contribution in [2.75, 3.05) is 26.2 Å². The van der Waals surface area contributed by atoms with E-state index in [2.05, 4.69) is 9.97 Å². The number of amides is 1. The number of halogens is 1. The van der Waals surface area contributed by atoms with Crippen LogP contribution >= 0.6 is 11.3 Å². The van der Waals surface area contributed by atoms with Gasteiger partial charge in [-0.25, -0.2) is 9.37 Å². The Labute approximate surface area is 200 Å². The number of methoxy groups -OCH3 is 3. The number of pyridine rings is 1. The first-order valence-electron chi connectivity index (χ1n) is 10.3. The molecule has 0 unspecified atom stereocenters. The summed E-state index contributed by atoms with van der Waals surface area (Å²) in [5, 5.41) is 0.450. The maximum absolute atomic E-state index is 13.7. The molecule has 9 heteroatoms. The normalized spacial score (nSPS) is 11.1. The topological polar surface area (TPSA) is 73.8 Å². The third-order valence-electron chi connectivity index (χ3n) is 4.99. The fourth-order valence-corrected chi connectivity index (χ4v) is 4.35. The minimum atomic E-state index is -0.354. The van der Waals surface area contributed by atoms with Crippen LogP contribution in [0.4, 0.5) is 9.52 Å². The molecule has 0 radical (unpaired) electrons. The van der Waals surface area contributed by atoms with E-state index in [9.17, 15) is 9.18 Å². The van der Waals surface area contributed by atoms with Crippen LogP contribution in [0.15, 0.2) is 60.8 Å². The van der Waals surface area contributed by atoms with E-state index < -0.39 is 0 Å². The molecule has 0 aliphatic rings. The summed E-state index contributed by atoms with van der Waals surface area (Å²) in [5.74, 6) is 0.762. The fraction of sp³-hybridized carbons (Fsp3) is 0.160. The molecule has 0 bridgehead atoms. The Balaban J connectivity index is 1.68.